The Morgan fingerprint density at radius 2 is 2.05 bits per heavy atom. The van der Waals surface area contributed by atoms with E-state index in [1.54, 1.807) is 0 Å². The van der Waals surface area contributed by atoms with Crippen LogP contribution in [-0.2, 0) is 6.42 Å². The fourth-order valence-corrected chi connectivity index (χ4v) is 3.40. The molecule has 0 unspecified atom stereocenters. The lowest BCUT2D eigenvalue weighted by Gasteiger charge is -2.35. The minimum Gasteiger partial charge on any atom is -0.439 e. The SMILES string of the molecule is NCC1(Cc2nc3cc(F)cc(Cl)c3o2)CCCCC1. The van der Waals surface area contributed by atoms with Gasteiger partial charge in [-0.2, -0.15) is 0 Å². The number of benzene rings is 1. The van der Waals surface area contributed by atoms with Gasteiger partial charge in [0.15, 0.2) is 11.5 Å². The van der Waals surface area contributed by atoms with Gasteiger partial charge in [0.25, 0.3) is 0 Å². The van der Waals surface area contributed by atoms with Crippen LogP contribution in [-0.4, -0.2) is 11.5 Å². The van der Waals surface area contributed by atoms with Gasteiger partial charge in [-0.3, -0.25) is 0 Å². The summed E-state index contributed by atoms with van der Waals surface area (Å²) in [6.45, 7) is 0.633. The molecule has 1 fully saturated rings. The van der Waals surface area contributed by atoms with Gasteiger partial charge in [-0.25, -0.2) is 9.37 Å². The number of oxazole rings is 1. The maximum atomic E-state index is 13.3. The first-order valence-corrected chi connectivity index (χ1v) is 7.44. The molecular formula is C15H18ClFN2O. The first kappa shape index (κ1) is 13.8. The van der Waals surface area contributed by atoms with E-state index in [2.05, 4.69) is 4.98 Å². The Bertz CT molecular complexity index is 620. The van der Waals surface area contributed by atoms with E-state index in [0.717, 1.165) is 12.8 Å². The maximum Gasteiger partial charge on any atom is 0.196 e. The van der Waals surface area contributed by atoms with Gasteiger partial charge in [0.05, 0.1) is 5.02 Å². The molecule has 0 aliphatic heterocycles. The summed E-state index contributed by atoms with van der Waals surface area (Å²) in [6.07, 6.45) is 6.58. The van der Waals surface area contributed by atoms with Crippen molar-refractivity contribution in [1.29, 1.82) is 0 Å². The number of aromatic nitrogens is 1. The predicted molar refractivity (Wildman–Crippen MR) is 77.3 cm³/mol. The number of rotatable bonds is 3. The second-order valence-electron chi connectivity index (χ2n) is 5.79. The Labute approximate surface area is 122 Å². The van der Waals surface area contributed by atoms with E-state index in [-0.39, 0.29) is 10.4 Å². The van der Waals surface area contributed by atoms with Crippen LogP contribution in [0.1, 0.15) is 38.0 Å². The average Bonchev–Trinajstić information content (AvgIpc) is 2.82. The van der Waals surface area contributed by atoms with E-state index >= 15 is 0 Å². The van der Waals surface area contributed by atoms with E-state index in [0.29, 0.717) is 30.0 Å². The zero-order valence-electron chi connectivity index (χ0n) is 11.3. The Hall–Kier alpha value is -1.13. The van der Waals surface area contributed by atoms with Crippen LogP contribution in [0.15, 0.2) is 16.5 Å². The summed E-state index contributed by atoms with van der Waals surface area (Å²) >= 11 is 5.99. The van der Waals surface area contributed by atoms with Crippen molar-refractivity contribution >= 4 is 22.7 Å². The highest BCUT2D eigenvalue weighted by atomic mass is 35.5. The molecule has 0 radical (unpaired) electrons. The standard InChI is InChI=1S/C15H18ClFN2O/c16-11-6-10(17)7-12-14(11)20-13(19-12)8-15(9-18)4-2-1-3-5-15/h6-7H,1-5,8-9,18H2. The number of fused-ring (bicyclic) bond motifs is 1. The molecule has 2 N–H and O–H groups in total. The highest BCUT2D eigenvalue weighted by Gasteiger charge is 2.32. The molecule has 1 aromatic carbocycles. The molecule has 1 aliphatic carbocycles. The molecular weight excluding hydrogens is 279 g/mol. The molecule has 2 aromatic rings. The lowest BCUT2D eigenvalue weighted by Crippen LogP contribution is -2.35. The highest BCUT2D eigenvalue weighted by molar-refractivity contribution is 6.34. The maximum absolute atomic E-state index is 13.3. The van der Waals surface area contributed by atoms with Crippen LogP contribution in [0.3, 0.4) is 0 Å². The summed E-state index contributed by atoms with van der Waals surface area (Å²) in [5, 5.41) is 0.268. The summed E-state index contributed by atoms with van der Waals surface area (Å²) < 4.78 is 19.0. The summed E-state index contributed by atoms with van der Waals surface area (Å²) in [5.41, 5.74) is 7.00. The molecule has 0 saturated heterocycles. The van der Waals surface area contributed by atoms with Crippen molar-refractivity contribution in [2.24, 2.45) is 11.1 Å². The molecule has 3 rings (SSSR count). The summed E-state index contributed by atoms with van der Waals surface area (Å²) in [7, 11) is 0. The number of nitrogens with two attached hydrogens (primary N) is 1. The second kappa shape index (κ2) is 5.34. The molecule has 1 heterocycles. The molecule has 1 aromatic heterocycles. The molecule has 0 atom stereocenters. The van der Waals surface area contributed by atoms with E-state index in [4.69, 9.17) is 21.8 Å². The van der Waals surface area contributed by atoms with Gasteiger partial charge in [-0.1, -0.05) is 30.9 Å². The van der Waals surface area contributed by atoms with Crippen molar-refractivity contribution in [3.63, 3.8) is 0 Å². The zero-order valence-corrected chi connectivity index (χ0v) is 12.0. The van der Waals surface area contributed by atoms with Gasteiger partial charge < -0.3 is 10.2 Å². The number of hydrogen-bond donors (Lipinski definition) is 1. The van der Waals surface area contributed by atoms with E-state index in [1.165, 1.54) is 31.4 Å². The first-order valence-electron chi connectivity index (χ1n) is 7.06. The van der Waals surface area contributed by atoms with Crippen molar-refractivity contribution < 1.29 is 8.81 Å². The van der Waals surface area contributed by atoms with Crippen LogP contribution < -0.4 is 5.73 Å². The lowest BCUT2D eigenvalue weighted by molar-refractivity contribution is 0.184. The molecule has 20 heavy (non-hydrogen) atoms. The average molecular weight is 297 g/mol. The molecule has 0 spiro atoms. The summed E-state index contributed by atoms with van der Waals surface area (Å²) in [6, 6.07) is 2.60. The van der Waals surface area contributed by atoms with Gasteiger partial charge >= 0.3 is 0 Å². The highest BCUT2D eigenvalue weighted by Crippen LogP contribution is 2.39. The van der Waals surface area contributed by atoms with E-state index in [9.17, 15) is 4.39 Å². The fourth-order valence-electron chi connectivity index (χ4n) is 3.16. The van der Waals surface area contributed by atoms with Crippen molar-refractivity contribution in [2.45, 2.75) is 38.5 Å². The number of nitrogens with zero attached hydrogens (tertiary/aromatic N) is 1. The second-order valence-corrected chi connectivity index (χ2v) is 6.19. The fraction of sp³-hybridized carbons (Fsp3) is 0.533. The van der Waals surface area contributed by atoms with Crippen molar-refractivity contribution in [1.82, 2.24) is 4.98 Å². The van der Waals surface area contributed by atoms with Gasteiger partial charge in [0.1, 0.15) is 11.3 Å². The minimum atomic E-state index is -0.395. The Kier molecular flexibility index (Phi) is 3.69. The quantitative estimate of drug-likeness (QED) is 0.929. The predicted octanol–water partition coefficient (Wildman–Crippen LogP) is 4.07. The third-order valence-electron chi connectivity index (χ3n) is 4.33. The zero-order chi connectivity index (χ0) is 14.2. The first-order chi connectivity index (χ1) is 9.62. The third kappa shape index (κ3) is 2.54. The number of halogens is 2. The Morgan fingerprint density at radius 3 is 2.75 bits per heavy atom. The molecule has 1 saturated carbocycles. The van der Waals surface area contributed by atoms with Gasteiger partial charge in [0.2, 0.25) is 0 Å². The van der Waals surface area contributed by atoms with Crippen LogP contribution in [0, 0.1) is 11.2 Å². The molecule has 1 aliphatic rings. The molecule has 5 heteroatoms. The molecule has 108 valence electrons. The summed E-state index contributed by atoms with van der Waals surface area (Å²) in [4.78, 5) is 4.37. The van der Waals surface area contributed by atoms with E-state index in [1.807, 2.05) is 0 Å². The molecule has 0 bridgehead atoms. The largest absolute Gasteiger partial charge is 0.439 e. The van der Waals surface area contributed by atoms with Crippen molar-refractivity contribution in [3.8, 4) is 0 Å². The van der Waals surface area contributed by atoms with Crippen molar-refractivity contribution in [3.05, 3.63) is 28.9 Å². The lowest BCUT2D eigenvalue weighted by atomic mass is 9.72. The minimum absolute atomic E-state index is 0.0736. The Morgan fingerprint density at radius 1 is 1.30 bits per heavy atom. The third-order valence-corrected chi connectivity index (χ3v) is 4.61. The summed E-state index contributed by atoms with van der Waals surface area (Å²) in [5.74, 6) is 0.216. The van der Waals surface area contributed by atoms with Crippen LogP contribution in [0.4, 0.5) is 4.39 Å². The normalized spacial score (nSPS) is 18.6. The van der Waals surface area contributed by atoms with Crippen LogP contribution >= 0.6 is 11.6 Å². The van der Waals surface area contributed by atoms with Gasteiger partial charge in [0, 0.05) is 12.5 Å². The monoisotopic (exact) mass is 296 g/mol. The Balaban J connectivity index is 1.92. The van der Waals surface area contributed by atoms with E-state index < -0.39 is 5.82 Å². The van der Waals surface area contributed by atoms with Crippen LogP contribution in [0.25, 0.3) is 11.1 Å². The van der Waals surface area contributed by atoms with Crippen LogP contribution in [0.5, 0.6) is 0 Å². The molecule has 3 nitrogen and oxygen atoms in total. The molecule has 0 amide bonds. The van der Waals surface area contributed by atoms with Gasteiger partial charge in [-0.15, -0.1) is 0 Å². The van der Waals surface area contributed by atoms with Crippen LogP contribution in [0.2, 0.25) is 5.02 Å². The number of hydrogen-bond acceptors (Lipinski definition) is 3. The van der Waals surface area contributed by atoms with Gasteiger partial charge in [-0.05, 0) is 30.9 Å². The smallest absolute Gasteiger partial charge is 0.196 e. The van der Waals surface area contributed by atoms with Crippen molar-refractivity contribution in [2.75, 3.05) is 6.54 Å². The topological polar surface area (TPSA) is 52.0 Å².